The standard InChI is InChI=1S/C17H26IN3/c18-14-6-8-15(9-7-14)21-11-3-4-13(12-21)17(20)10-2-1-5-16(17)19/h6-9,13,16H,1-5,10-12,19-20H2/t13-,16?,17?/m0/s1. The van der Waals surface area contributed by atoms with E-state index in [0.29, 0.717) is 5.92 Å². The summed E-state index contributed by atoms with van der Waals surface area (Å²) in [6.45, 7) is 2.20. The van der Waals surface area contributed by atoms with Gasteiger partial charge in [-0.1, -0.05) is 12.8 Å². The molecule has 2 unspecified atom stereocenters. The van der Waals surface area contributed by atoms with Crippen molar-refractivity contribution in [2.24, 2.45) is 17.4 Å². The highest BCUT2D eigenvalue weighted by Gasteiger charge is 2.43. The number of piperidine rings is 1. The highest BCUT2D eigenvalue weighted by atomic mass is 127. The molecule has 1 heterocycles. The van der Waals surface area contributed by atoms with Crippen LogP contribution in [0.15, 0.2) is 24.3 Å². The zero-order valence-corrected chi connectivity index (χ0v) is 14.8. The van der Waals surface area contributed by atoms with Crippen LogP contribution in [0.25, 0.3) is 0 Å². The Morgan fingerprint density at radius 3 is 2.57 bits per heavy atom. The van der Waals surface area contributed by atoms with E-state index in [1.54, 1.807) is 0 Å². The fourth-order valence-electron chi connectivity index (χ4n) is 4.06. The number of nitrogens with two attached hydrogens (primary N) is 2. The van der Waals surface area contributed by atoms with Crippen LogP contribution in [0.5, 0.6) is 0 Å². The predicted octanol–water partition coefficient (Wildman–Crippen LogP) is 3.11. The van der Waals surface area contributed by atoms with Crippen molar-refractivity contribution in [2.45, 2.75) is 50.1 Å². The molecule has 1 aromatic rings. The van der Waals surface area contributed by atoms with E-state index in [2.05, 4.69) is 51.8 Å². The second-order valence-corrected chi connectivity index (χ2v) is 7.97. The second kappa shape index (κ2) is 6.42. The summed E-state index contributed by atoms with van der Waals surface area (Å²) in [5.41, 5.74) is 14.4. The highest BCUT2D eigenvalue weighted by molar-refractivity contribution is 14.1. The van der Waals surface area contributed by atoms with E-state index < -0.39 is 0 Å². The van der Waals surface area contributed by atoms with Crippen LogP contribution in [-0.2, 0) is 0 Å². The number of halogens is 1. The van der Waals surface area contributed by atoms with Gasteiger partial charge in [-0.25, -0.2) is 0 Å². The lowest BCUT2D eigenvalue weighted by Crippen LogP contribution is -2.64. The quantitative estimate of drug-likeness (QED) is 0.752. The normalized spacial score (nSPS) is 34.0. The topological polar surface area (TPSA) is 55.3 Å². The van der Waals surface area contributed by atoms with Gasteiger partial charge in [0.05, 0.1) is 0 Å². The van der Waals surface area contributed by atoms with Crippen molar-refractivity contribution in [3.8, 4) is 0 Å². The maximum absolute atomic E-state index is 6.79. The number of hydrogen-bond donors (Lipinski definition) is 2. The number of benzene rings is 1. The fraction of sp³-hybridized carbons (Fsp3) is 0.647. The minimum atomic E-state index is -0.153. The molecule has 3 atom stereocenters. The van der Waals surface area contributed by atoms with E-state index >= 15 is 0 Å². The van der Waals surface area contributed by atoms with Gasteiger partial charge in [0, 0.05) is 33.9 Å². The van der Waals surface area contributed by atoms with Crippen molar-refractivity contribution in [3.05, 3.63) is 27.8 Å². The zero-order valence-electron chi connectivity index (χ0n) is 12.6. The number of rotatable bonds is 2. The van der Waals surface area contributed by atoms with Gasteiger partial charge in [0.1, 0.15) is 0 Å². The Balaban J connectivity index is 1.74. The molecular weight excluding hydrogens is 373 g/mol. The molecule has 1 aliphatic heterocycles. The molecule has 2 aliphatic rings. The average molecular weight is 399 g/mol. The summed E-state index contributed by atoms with van der Waals surface area (Å²) in [6.07, 6.45) is 7.13. The largest absolute Gasteiger partial charge is 0.371 e. The third-order valence-corrected chi connectivity index (χ3v) is 6.16. The van der Waals surface area contributed by atoms with Gasteiger partial charge in [0.15, 0.2) is 0 Å². The van der Waals surface area contributed by atoms with Crippen LogP contribution in [-0.4, -0.2) is 24.7 Å². The van der Waals surface area contributed by atoms with Crippen molar-refractivity contribution in [3.63, 3.8) is 0 Å². The van der Waals surface area contributed by atoms with Crippen molar-refractivity contribution in [1.82, 2.24) is 0 Å². The number of nitrogens with zero attached hydrogens (tertiary/aromatic N) is 1. The van der Waals surface area contributed by atoms with Crippen LogP contribution in [0.1, 0.15) is 38.5 Å². The molecule has 0 aromatic heterocycles. The minimum absolute atomic E-state index is 0.153. The molecule has 1 aliphatic carbocycles. The summed E-state index contributed by atoms with van der Waals surface area (Å²) in [4.78, 5) is 2.50. The molecule has 0 amide bonds. The van der Waals surface area contributed by atoms with Gasteiger partial charge in [-0.3, -0.25) is 0 Å². The Morgan fingerprint density at radius 2 is 1.86 bits per heavy atom. The van der Waals surface area contributed by atoms with Crippen LogP contribution >= 0.6 is 22.6 Å². The Kier molecular flexibility index (Phi) is 4.76. The van der Waals surface area contributed by atoms with Crippen LogP contribution in [0.4, 0.5) is 5.69 Å². The Labute approximate surface area is 141 Å². The monoisotopic (exact) mass is 399 g/mol. The first kappa shape index (κ1) is 15.6. The molecule has 4 N–H and O–H groups in total. The van der Waals surface area contributed by atoms with Gasteiger partial charge < -0.3 is 16.4 Å². The van der Waals surface area contributed by atoms with E-state index in [0.717, 1.165) is 25.9 Å². The third-order valence-electron chi connectivity index (χ3n) is 5.44. The minimum Gasteiger partial charge on any atom is -0.371 e. The molecule has 1 saturated carbocycles. The Hall–Kier alpha value is -0.330. The van der Waals surface area contributed by atoms with E-state index in [1.807, 2.05) is 0 Å². The summed E-state index contributed by atoms with van der Waals surface area (Å²) in [7, 11) is 0. The molecule has 1 aromatic carbocycles. The molecule has 3 rings (SSSR count). The average Bonchev–Trinajstić information content (AvgIpc) is 2.51. The van der Waals surface area contributed by atoms with Crippen LogP contribution < -0.4 is 16.4 Å². The Morgan fingerprint density at radius 1 is 1.10 bits per heavy atom. The fourth-order valence-corrected chi connectivity index (χ4v) is 4.42. The van der Waals surface area contributed by atoms with Crippen molar-refractivity contribution >= 4 is 28.3 Å². The first-order chi connectivity index (χ1) is 10.1. The molecule has 0 bridgehead atoms. The Bertz CT molecular complexity index is 475. The van der Waals surface area contributed by atoms with Gasteiger partial charge in [-0.15, -0.1) is 0 Å². The SMILES string of the molecule is NC1CCCCC1(N)[C@H]1CCCN(c2ccc(I)cc2)C1. The highest BCUT2D eigenvalue weighted by Crippen LogP contribution is 2.37. The summed E-state index contributed by atoms with van der Waals surface area (Å²) in [5, 5.41) is 0. The van der Waals surface area contributed by atoms with Gasteiger partial charge in [-0.2, -0.15) is 0 Å². The molecule has 1 saturated heterocycles. The molecule has 116 valence electrons. The van der Waals surface area contributed by atoms with Crippen molar-refractivity contribution in [1.29, 1.82) is 0 Å². The molecule has 2 fully saturated rings. The molecule has 4 heteroatoms. The second-order valence-electron chi connectivity index (χ2n) is 6.73. The maximum Gasteiger partial charge on any atom is 0.0367 e. The summed E-state index contributed by atoms with van der Waals surface area (Å²) < 4.78 is 1.29. The lowest BCUT2D eigenvalue weighted by Gasteiger charge is -2.49. The lowest BCUT2D eigenvalue weighted by molar-refractivity contribution is 0.148. The maximum atomic E-state index is 6.79. The molecule has 0 radical (unpaired) electrons. The smallest absolute Gasteiger partial charge is 0.0367 e. The molecule has 0 spiro atoms. The molecule has 21 heavy (non-hydrogen) atoms. The number of anilines is 1. The van der Waals surface area contributed by atoms with Crippen molar-refractivity contribution < 1.29 is 0 Å². The van der Waals surface area contributed by atoms with Crippen molar-refractivity contribution in [2.75, 3.05) is 18.0 Å². The first-order valence-corrected chi connectivity index (χ1v) is 9.22. The van der Waals surface area contributed by atoms with Gasteiger partial charge in [0.2, 0.25) is 0 Å². The van der Waals surface area contributed by atoms with Gasteiger partial charge in [-0.05, 0) is 78.5 Å². The molecule has 3 nitrogen and oxygen atoms in total. The van der Waals surface area contributed by atoms with E-state index in [-0.39, 0.29) is 11.6 Å². The summed E-state index contributed by atoms with van der Waals surface area (Å²) >= 11 is 2.36. The predicted molar refractivity (Wildman–Crippen MR) is 97.5 cm³/mol. The first-order valence-electron chi connectivity index (χ1n) is 8.14. The molecular formula is C17H26IN3. The lowest BCUT2D eigenvalue weighted by atomic mass is 9.68. The van der Waals surface area contributed by atoms with Crippen LogP contribution in [0, 0.1) is 9.49 Å². The van der Waals surface area contributed by atoms with Crippen LogP contribution in [0.2, 0.25) is 0 Å². The van der Waals surface area contributed by atoms with Gasteiger partial charge >= 0.3 is 0 Å². The van der Waals surface area contributed by atoms with E-state index in [1.165, 1.54) is 34.9 Å². The third kappa shape index (κ3) is 3.22. The summed E-state index contributed by atoms with van der Waals surface area (Å²) in [5.74, 6) is 0.529. The van der Waals surface area contributed by atoms with E-state index in [4.69, 9.17) is 11.5 Å². The zero-order chi connectivity index (χ0) is 14.9. The number of hydrogen-bond acceptors (Lipinski definition) is 3. The van der Waals surface area contributed by atoms with E-state index in [9.17, 15) is 0 Å². The summed E-state index contributed by atoms with van der Waals surface area (Å²) in [6, 6.07) is 9.00. The van der Waals surface area contributed by atoms with Gasteiger partial charge in [0.25, 0.3) is 0 Å². The van der Waals surface area contributed by atoms with Crippen LogP contribution in [0.3, 0.4) is 0 Å².